The Bertz CT molecular complexity index is 1650. The van der Waals surface area contributed by atoms with Gasteiger partial charge in [0.25, 0.3) is 0 Å². The monoisotopic (exact) mass is 618 g/mol. The topological polar surface area (TPSA) is 173 Å². The number of para-hydroxylation sites is 2. The SMILES string of the molecule is CSCCC(NC(=O)C1CCCN1C(=O)C(Cc1c[nH]c2ccccc12)NC(=O)C(N)Cc1c[nH]c2ccccc12)C(=O)O. The van der Waals surface area contributed by atoms with Gasteiger partial charge in [-0.25, -0.2) is 4.79 Å². The summed E-state index contributed by atoms with van der Waals surface area (Å²) in [5.41, 5.74) is 9.97. The third kappa shape index (κ3) is 6.92. The van der Waals surface area contributed by atoms with Gasteiger partial charge >= 0.3 is 5.97 Å². The van der Waals surface area contributed by atoms with Crippen molar-refractivity contribution in [2.75, 3.05) is 18.6 Å². The number of carbonyl (C=O) groups is 4. The van der Waals surface area contributed by atoms with Crippen molar-refractivity contribution in [3.63, 3.8) is 0 Å². The molecule has 0 saturated carbocycles. The van der Waals surface area contributed by atoms with Crippen LogP contribution in [0.2, 0.25) is 0 Å². The highest BCUT2D eigenvalue weighted by molar-refractivity contribution is 7.98. The highest BCUT2D eigenvalue weighted by Crippen LogP contribution is 2.24. The van der Waals surface area contributed by atoms with E-state index in [4.69, 9.17) is 5.73 Å². The van der Waals surface area contributed by atoms with Crippen LogP contribution < -0.4 is 16.4 Å². The van der Waals surface area contributed by atoms with Crippen LogP contribution in [0.3, 0.4) is 0 Å². The molecule has 4 unspecified atom stereocenters. The molecule has 0 aliphatic carbocycles. The van der Waals surface area contributed by atoms with Crippen molar-refractivity contribution in [1.29, 1.82) is 0 Å². The summed E-state index contributed by atoms with van der Waals surface area (Å²) in [4.78, 5) is 60.5. The Morgan fingerprint density at radius 2 is 1.57 bits per heavy atom. The molecule has 3 amide bonds. The predicted molar refractivity (Wildman–Crippen MR) is 171 cm³/mol. The number of fused-ring (bicyclic) bond motifs is 2. The molecule has 2 aromatic carbocycles. The molecule has 1 fully saturated rings. The van der Waals surface area contributed by atoms with Crippen molar-refractivity contribution < 1.29 is 24.3 Å². The van der Waals surface area contributed by atoms with Crippen LogP contribution in [-0.4, -0.2) is 86.4 Å². The highest BCUT2D eigenvalue weighted by atomic mass is 32.2. The molecule has 1 saturated heterocycles. The van der Waals surface area contributed by atoms with Gasteiger partial charge in [-0.1, -0.05) is 36.4 Å². The third-order valence-corrected chi connectivity index (χ3v) is 8.87. The summed E-state index contributed by atoms with van der Waals surface area (Å²) in [5.74, 6) is -1.93. The molecule has 0 spiro atoms. The smallest absolute Gasteiger partial charge is 0.326 e. The maximum atomic E-state index is 14.1. The first-order chi connectivity index (χ1) is 21.3. The lowest BCUT2D eigenvalue weighted by molar-refractivity contribution is -0.145. The van der Waals surface area contributed by atoms with Crippen LogP contribution in [0.15, 0.2) is 60.9 Å². The minimum absolute atomic E-state index is 0.185. The number of likely N-dealkylation sites (tertiary alicyclic amines) is 1. The van der Waals surface area contributed by atoms with E-state index in [-0.39, 0.29) is 19.3 Å². The number of amides is 3. The molecule has 4 atom stereocenters. The van der Waals surface area contributed by atoms with E-state index in [0.717, 1.165) is 32.9 Å². The summed E-state index contributed by atoms with van der Waals surface area (Å²) in [5, 5.41) is 17.0. The van der Waals surface area contributed by atoms with E-state index in [1.165, 1.54) is 16.7 Å². The van der Waals surface area contributed by atoms with Crippen molar-refractivity contribution in [3.8, 4) is 0 Å². The second kappa shape index (κ2) is 14.0. The van der Waals surface area contributed by atoms with E-state index in [1.54, 1.807) is 0 Å². The van der Waals surface area contributed by atoms with Gasteiger partial charge in [-0.15, -0.1) is 0 Å². The van der Waals surface area contributed by atoms with Gasteiger partial charge in [0.05, 0.1) is 6.04 Å². The Kier molecular flexibility index (Phi) is 9.91. The highest BCUT2D eigenvalue weighted by Gasteiger charge is 2.39. The zero-order chi connectivity index (χ0) is 31.2. The van der Waals surface area contributed by atoms with E-state index >= 15 is 0 Å². The molecule has 232 valence electrons. The second-order valence-corrected chi connectivity index (χ2v) is 12.2. The average molecular weight is 619 g/mol. The summed E-state index contributed by atoms with van der Waals surface area (Å²) < 4.78 is 0. The van der Waals surface area contributed by atoms with Gasteiger partial charge in [0, 0.05) is 47.2 Å². The second-order valence-electron chi connectivity index (χ2n) is 11.2. The predicted octanol–water partition coefficient (Wildman–Crippen LogP) is 2.56. The first-order valence-electron chi connectivity index (χ1n) is 14.7. The van der Waals surface area contributed by atoms with Crippen molar-refractivity contribution in [2.45, 2.75) is 56.3 Å². The summed E-state index contributed by atoms with van der Waals surface area (Å²) in [6, 6.07) is 11.7. The number of hydrogen-bond acceptors (Lipinski definition) is 6. The summed E-state index contributed by atoms with van der Waals surface area (Å²) >= 11 is 1.49. The number of benzene rings is 2. The first kappa shape index (κ1) is 31.1. The fraction of sp³-hybridized carbons (Fsp3) is 0.375. The molecule has 7 N–H and O–H groups in total. The maximum absolute atomic E-state index is 14.1. The number of H-pyrrole nitrogens is 2. The number of aromatic nitrogens is 2. The number of thioether (sulfide) groups is 1. The van der Waals surface area contributed by atoms with Crippen molar-refractivity contribution >= 4 is 57.3 Å². The van der Waals surface area contributed by atoms with Gasteiger partial charge < -0.3 is 36.3 Å². The average Bonchev–Trinajstić information content (AvgIpc) is 3.77. The molecule has 11 nitrogen and oxygen atoms in total. The van der Waals surface area contributed by atoms with Gasteiger partial charge in [-0.05, 0) is 61.0 Å². The van der Waals surface area contributed by atoms with Crippen LogP contribution in [-0.2, 0) is 32.0 Å². The molecule has 2 aromatic heterocycles. The molecular formula is C32H38N6O5S. The molecule has 5 rings (SSSR count). The van der Waals surface area contributed by atoms with E-state index in [9.17, 15) is 24.3 Å². The number of carbonyl (C=O) groups excluding carboxylic acids is 3. The van der Waals surface area contributed by atoms with Gasteiger partial charge in [0.2, 0.25) is 17.7 Å². The van der Waals surface area contributed by atoms with Gasteiger partial charge in [0.15, 0.2) is 0 Å². The Hall–Kier alpha value is -4.29. The number of aliphatic carboxylic acids is 1. The number of carboxylic acids is 1. The summed E-state index contributed by atoms with van der Waals surface area (Å²) in [7, 11) is 0. The minimum atomic E-state index is -1.11. The molecule has 0 bridgehead atoms. The zero-order valence-electron chi connectivity index (χ0n) is 24.5. The zero-order valence-corrected chi connectivity index (χ0v) is 25.4. The minimum Gasteiger partial charge on any atom is -0.480 e. The largest absolute Gasteiger partial charge is 0.480 e. The number of hydrogen-bond donors (Lipinski definition) is 6. The van der Waals surface area contributed by atoms with E-state index in [1.807, 2.05) is 67.2 Å². The normalized spacial score (nSPS) is 17.0. The van der Waals surface area contributed by atoms with Crippen LogP contribution in [0.1, 0.15) is 30.4 Å². The number of nitrogens with zero attached hydrogens (tertiary/aromatic N) is 1. The van der Waals surface area contributed by atoms with Gasteiger partial charge in [0.1, 0.15) is 18.1 Å². The molecule has 4 aromatic rings. The standard InChI is InChI=1S/C32H38N6O5S/c1-44-14-12-26(32(42)43)36-30(40)28-11-6-13-38(28)31(41)27(16-20-18-35-25-10-5-3-8-22(20)25)37-29(39)23(33)15-19-17-34-24-9-4-2-7-21(19)24/h2-5,7-10,17-18,23,26-28,34-35H,6,11-16,33H2,1H3,(H,36,40)(H,37,39)(H,42,43). The van der Waals surface area contributed by atoms with Gasteiger partial charge in [-0.3, -0.25) is 14.4 Å². The molecule has 3 heterocycles. The number of carboxylic acid groups (broad SMARTS) is 1. The first-order valence-corrected chi connectivity index (χ1v) is 16.1. The van der Waals surface area contributed by atoms with Crippen LogP contribution in [0, 0.1) is 0 Å². The van der Waals surface area contributed by atoms with E-state index < -0.39 is 47.9 Å². The molecule has 44 heavy (non-hydrogen) atoms. The molecule has 0 radical (unpaired) electrons. The third-order valence-electron chi connectivity index (χ3n) is 8.23. The maximum Gasteiger partial charge on any atom is 0.326 e. The number of nitrogens with one attached hydrogen (secondary N) is 4. The van der Waals surface area contributed by atoms with Crippen molar-refractivity contribution in [3.05, 3.63) is 72.1 Å². The quantitative estimate of drug-likeness (QED) is 0.134. The fourth-order valence-electron chi connectivity index (χ4n) is 5.89. The van der Waals surface area contributed by atoms with Crippen LogP contribution in [0.5, 0.6) is 0 Å². The number of aromatic amines is 2. The fourth-order valence-corrected chi connectivity index (χ4v) is 6.37. The Balaban J connectivity index is 1.35. The molecule has 1 aliphatic rings. The number of rotatable bonds is 13. The Morgan fingerprint density at radius 3 is 2.18 bits per heavy atom. The number of nitrogens with two attached hydrogens (primary N) is 1. The molecule has 1 aliphatic heterocycles. The summed E-state index contributed by atoms with van der Waals surface area (Å²) in [6.45, 7) is 0.321. The summed E-state index contributed by atoms with van der Waals surface area (Å²) in [6.07, 6.45) is 7.24. The van der Waals surface area contributed by atoms with Crippen LogP contribution >= 0.6 is 11.8 Å². The van der Waals surface area contributed by atoms with Crippen LogP contribution in [0.25, 0.3) is 21.8 Å². The van der Waals surface area contributed by atoms with E-state index in [0.29, 0.717) is 25.1 Å². The lowest BCUT2D eigenvalue weighted by atomic mass is 10.0. The lowest BCUT2D eigenvalue weighted by Crippen LogP contribution is -2.57. The van der Waals surface area contributed by atoms with Crippen LogP contribution in [0.4, 0.5) is 0 Å². The van der Waals surface area contributed by atoms with E-state index in [2.05, 4.69) is 20.6 Å². The Morgan fingerprint density at radius 1 is 0.955 bits per heavy atom. The lowest BCUT2D eigenvalue weighted by Gasteiger charge is -2.30. The Labute approximate surface area is 259 Å². The van der Waals surface area contributed by atoms with Crippen molar-refractivity contribution in [1.82, 2.24) is 25.5 Å². The van der Waals surface area contributed by atoms with Gasteiger partial charge in [-0.2, -0.15) is 11.8 Å². The molecule has 12 heteroatoms. The molecular weight excluding hydrogens is 580 g/mol. The van der Waals surface area contributed by atoms with Crippen molar-refractivity contribution in [2.24, 2.45) is 5.73 Å².